The van der Waals surface area contributed by atoms with Crippen LogP contribution in [0.4, 0.5) is 20.2 Å². The van der Waals surface area contributed by atoms with Gasteiger partial charge in [-0.3, -0.25) is 0 Å². The molecule has 0 saturated carbocycles. The number of nitrogens with one attached hydrogen (secondary N) is 1. The fourth-order valence-corrected chi connectivity index (χ4v) is 2.67. The first-order valence-corrected chi connectivity index (χ1v) is 6.80. The summed E-state index contributed by atoms with van der Waals surface area (Å²) in [4.78, 5) is 1.16. The summed E-state index contributed by atoms with van der Waals surface area (Å²) >= 11 is 1.63. The summed E-state index contributed by atoms with van der Waals surface area (Å²) in [7, 11) is 0. The van der Waals surface area contributed by atoms with Gasteiger partial charge in [0.2, 0.25) is 0 Å². The predicted molar refractivity (Wildman–Crippen MR) is 76.6 cm³/mol. The SMILES string of the molecule is CC(C)(CNc1c(F)cc(N)cc1F)c1cccs1. The quantitative estimate of drug-likeness (QED) is 0.832. The molecule has 102 valence electrons. The van der Waals surface area contributed by atoms with Crippen LogP contribution in [0.3, 0.4) is 0 Å². The lowest BCUT2D eigenvalue weighted by atomic mass is 9.91. The van der Waals surface area contributed by atoms with Crippen LogP contribution >= 0.6 is 11.3 Å². The maximum absolute atomic E-state index is 13.6. The van der Waals surface area contributed by atoms with E-state index in [1.807, 2.05) is 31.4 Å². The van der Waals surface area contributed by atoms with Gasteiger partial charge in [-0.1, -0.05) is 19.9 Å². The van der Waals surface area contributed by atoms with Crippen LogP contribution in [-0.2, 0) is 5.41 Å². The van der Waals surface area contributed by atoms with E-state index >= 15 is 0 Å². The molecule has 0 aliphatic rings. The van der Waals surface area contributed by atoms with Crippen LogP contribution in [-0.4, -0.2) is 6.54 Å². The Morgan fingerprint density at radius 2 is 1.89 bits per heavy atom. The molecule has 0 unspecified atom stereocenters. The van der Waals surface area contributed by atoms with Gasteiger partial charge in [0, 0.05) is 22.5 Å². The highest BCUT2D eigenvalue weighted by atomic mass is 32.1. The molecule has 0 saturated heterocycles. The summed E-state index contributed by atoms with van der Waals surface area (Å²) in [5, 5.41) is 4.83. The number of nitrogens with two attached hydrogens (primary N) is 1. The molecule has 0 spiro atoms. The van der Waals surface area contributed by atoms with Crippen LogP contribution in [0.25, 0.3) is 0 Å². The van der Waals surface area contributed by atoms with E-state index in [4.69, 9.17) is 5.73 Å². The fourth-order valence-electron chi connectivity index (χ4n) is 1.82. The van der Waals surface area contributed by atoms with Gasteiger partial charge in [0.05, 0.1) is 0 Å². The molecule has 0 bridgehead atoms. The molecule has 2 rings (SSSR count). The van der Waals surface area contributed by atoms with Gasteiger partial charge < -0.3 is 11.1 Å². The lowest BCUT2D eigenvalue weighted by Gasteiger charge is -2.24. The highest BCUT2D eigenvalue weighted by Crippen LogP contribution is 2.29. The number of hydrogen-bond acceptors (Lipinski definition) is 3. The minimum Gasteiger partial charge on any atom is -0.399 e. The van der Waals surface area contributed by atoms with Crippen molar-refractivity contribution in [1.29, 1.82) is 0 Å². The minimum atomic E-state index is -0.667. The number of hydrogen-bond donors (Lipinski definition) is 2. The lowest BCUT2D eigenvalue weighted by molar-refractivity contribution is 0.552. The molecular weight excluding hydrogens is 266 g/mol. The Kier molecular flexibility index (Phi) is 3.75. The van der Waals surface area contributed by atoms with Crippen molar-refractivity contribution in [2.45, 2.75) is 19.3 Å². The van der Waals surface area contributed by atoms with Gasteiger partial charge in [-0.2, -0.15) is 0 Å². The van der Waals surface area contributed by atoms with Gasteiger partial charge in [-0.15, -0.1) is 11.3 Å². The van der Waals surface area contributed by atoms with Crippen LogP contribution < -0.4 is 11.1 Å². The fraction of sp³-hybridized carbons (Fsp3) is 0.286. The summed E-state index contributed by atoms with van der Waals surface area (Å²) < 4.78 is 27.3. The van der Waals surface area contributed by atoms with Crippen molar-refractivity contribution in [2.75, 3.05) is 17.6 Å². The van der Waals surface area contributed by atoms with E-state index in [9.17, 15) is 8.78 Å². The van der Waals surface area contributed by atoms with E-state index in [1.165, 1.54) is 0 Å². The molecule has 1 heterocycles. The van der Waals surface area contributed by atoms with E-state index in [0.29, 0.717) is 6.54 Å². The number of rotatable bonds is 4. The van der Waals surface area contributed by atoms with E-state index in [1.54, 1.807) is 11.3 Å². The van der Waals surface area contributed by atoms with Crippen molar-refractivity contribution in [3.8, 4) is 0 Å². The first-order valence-electron chi connectivity index (χ1n) is 5.92. The Bertz CT molecular complexity index is 542. The van der Waals surface area contributed by atoms with Crippen molar-refractivity contribution in [3.63, 3.8) is 0 Å². The van der Waals surface area contributed by atoms with E-state index < -0.39 is 11.6 Å². The zero-order valence-corrected chi connectivity index (χ0v) is 11.7. The van der Waals surface area contributed by atoms with E-state index in [0.717, 1.165) is 17.0 Å². The normalized spacial score (nSPS) is 11.6. The van der Waals surface area contributed by atoms with Crippen LogP contribution in [0.2, 0.25) is 0 Å². The largest absolute Gasteiger partial charge is 0.399 e. The van der Waals surface area contributed by atoms with Gasteiger partial charge in [-0.05, 0) is 23.6 Å². The third kappa shape index (κ3) is 3.04. The number of anilines is 2. The third-order valence-electron chi connectivity index (χ3n) is 2.96. The molecule has 2 aromatic rings. The summed E-state index contributed by atoms with van der Waals surface area (Å²) in [6.07, 6.45) is 0. The highest BCUT2D eigenvalue weighted by Gasteiger charge is 2.22. The van der Waals surface area contributed by atoms with Crippen molar-refractivity contribution < 1.29 is 8.78 Å². The summed E-state index contributed by atoms with van der Waals surface area (Å²) in [6, 6.07) is 6.21. The molecule has 5 heteroatoms. The second-order valence-electron chi connectivity index (χ2n) is 5.07. The Labute approximate surface area is 115 Å². The lowest BCUT2D eigenvalue weighted by Crippen LogP contribution is -2.27. The maximum atomic E-state index is 13.6. The topological polar surface area (TPSA) is 38.0 Å². The van der Waals surface area contributed by atoms with Crippen molar-refractivity contribution >= 4 is 22.7 Å². The predicted octanol–water partition coefficient (Wildman–Crippen LogP) is 4.00. The van der Waals surface area contributed by atoms with Crippen LogP contribution in [0.15, 0.2) is 29.6 Å². The first-order chi connectivity index (χ1) is 8.90. The Hall–Kier alpha value is -1.62. The standard InChI is InChI=1S/C14H16F2N2S/c1-14(2,12-4-3-5-19-12)8-18-13-10(15)6-9(17)7-11(13)16/h3-7,18H,8,17H2,1-2H3. The molecule has 2 nitrogen and oxygen atoms in total. The van der Waals surface area contributed by atoms with Gasteiger partial charge in [0.1, 0.15) is 5.69 Å². The monoisotopic (exact) mass is 282 g/mol. The number of thiophene rings is 1. The second-order valence-corrected chi connectivity index (χ2v) is 6.02. The smallest absolute Gasteiger partial charge is 0.151 e. The number of nitrogen functional groups attached to an aromatic ring is 1. The molecule has 0 aliphatic carbocycles. The molecule has 1 aromatic heterocycles. The van der Waals surface area contributed by atoms with Crippen molar-refractivity contribution in [3.05, 3.63) is 46.2 Å². The number of halogens is 2. The summed E-state index contributed by atoms with van der Waals surface area (Å²) in [5.41, 5.74) is 5.14. The number of benzene rings is 1. The van der Waals surface area contributed by atoms with E-state index in [2.05, 4.69) is 5.32 Å². The van der Waals surface area contributed by atoms with Crippen molar-refractivity contribution in [1.82, 2.24) is 0 Å². The first kappa shape index (κ1) is 13.8. The van der Waals surface area contributed by atoms with Crippen LogP contribution in [0.5, 0.6) is 0 Å². The van der Waals surface area contributed by atoms with Gasteiger partial charge in [0.15, 0.2) is 11.6 Å². The van der Waals surface area contributed by atoms with Gasteiger partial charge in [0.25, 0.3) is 0 Å². The van der Waals surface area contributed by atoms with Crippen LogP contribution in [0.1, 0.15) is 18.7 Å². The molecule has 19 heavy (non-hydrogen) atoms. The Balaban J connectivity index is 2.15. The third-order valence-corrected chi connectivity index (χ3v) is 4.20. The van der Waals surface area contributed by atoms with Gasteiger partial charge >= 0.3 is 0 Å². The molecule has 3 N–H and O–H groups in total. The molecule has 0 atom stereocenters. The average molecular weight is 282 g/mol. The molecule has 0 amide bonds. The minimum absolute atomic E-state index is 0.0815. The second kappa shape index (κ2) is 5.17. The summed E-state index contributed by atoms with van der Waals surface area (Å²) in [5.74, 6) is -1.33. The molecular formula is C14H16F2N2S. The average Bonchev–Trinajstić information content (AvgIpc) is 2.81. The highest BCUT2D eigenvalue weighted by molar-refractivity contribution is 7.10. The van der Waals surface area contributed by atoms with E-state index in [-0.39, 0.29) is 16.8 Å². The van der Waals surface area contributed by atoms with Crippen molar-refractivity contribution in [2.24, 2.45) is 0 Å². The Morgan fingerprint density at radius 1 is 1.26 bits per heavy atom. The summed E-state index contributed by atoms with van der Waals surface area (Å²) in [6.45, 7) is 4.49. The maximum Gasteiger partial charge on any atom is 0.151 e. The van der Waals surface area contributed by atoms with Crippen LogP contribution in [0, 0.1) is 11.6 Å². The zero-order valence-electron chi connectivity index (χ0n) is 10.8. The molecule has 0 fully saturated rings. The molecule has 1 aromatic carbocycles. The Morgan fingerprint density at radius 3 is 2.42 bits per heavy atom. The molecule has 0 aliphatic heterocycles. The van der Waals surface area contributed by atoms with Gasteiger partial charge in [-0.25, -0.2) is 8.78 Å². The zero-order chi connectivity index (χ0) is 14.0. The molecule has 0 radical (unpaired) electrons.